The molecule has 3 aromatic rings. The molecule has 0 radical (unpaired) electrons. The van der Waals surface area contributed by atoms with Gasteiger partial charge in [-0.1, -0.05) is 29.3 Å². The quantitative estimate of drug-likeness (QED) is 0.672. The fraction of sp³-hybridized carbons (Fsp3) is 0. The molecular formula is C13H8Cl2N2O. The van der Waals surface area contributed by atoms with Gasteiger partial charge in [0, 0.05) is 15.6 Å². The van der Waals surface area contributed by atoms with Crippen LogP contribution in [0.3, 0.4) is 0 Å². The Kier molecular flexibility index (Phi) is 2.65. The number of anilines is 1. The SMILES string of the molecule is Nc1cccc2oc(-c3cc(Cl)cc(Cl)c3)nc12. The highest BCUT2D eigenvalue weighted by atomic mass is 35.5. The van der Waals surface area contributed by atoms with E-state index in [9.17, 15) is 0 Å². The molecule has 0 aliphatic rings. The molecule has 0 saturated heterocycles. The van der Waals surface area contributed by atoms with E-state index in [1.54, 1.807) is 24.3 Å². The molecule has 0 bridgehead atoms. The Balaban J connectivity index is 2.22. The number of nitrogen functional groups attached to an aromatic ring is 1. The third kappa shape index (κ3) is 1.92. The molecule has 0 atom stereocenters. The number of halogens is 2. The molecule has 0 spiro atoms. The average Bonchev–Trinajstić information content (AvgIpc) is 2.73. The van der Waals surface area contributed by atoms with E-state index < -0.39 is 0 Å². The highest BCUT2D eigenvalue weighted by molar-refractivity contribution is 6.35. The standard InChI is InChI=1S/C13H8Cl2N2O/c14-8-4-7(5-9(15)6-8)13-17-12-10(16)2-1-3-11(12)18-13/h1-6H,16H2. The van der Waals surface area contributed by atoms with Crippen LogP contribution in [-0.4, -0.2) is 4.98 Å². The van der Waals surface area contributed by atoms with Gasteiger partial charge in [0.05, 0.1) is 5.69 Å². The molecule has 3 nitrogen and oxygen atoms in total. The van der Waals surface area contributed by atoms with E-state index in [1.165, 1.54) is 0 Å². The maximum absolute atomic E-state index is 5.95. The minimum Gasteiger partial charge on any atom is -0.436 e. The number of benzene rings is 2. The molecule has 0 unspecified atom stereocenters. The first-order valence-electron chi connectivity index (χ1n) is 5.25. The first-order valence-corrected chi connectivity index (χ1v) is 6.00. The van der Waals surface area contributed by atoms with Crippen LogP contribution in [0.2, 0.25) is 10.0 Å². The van der Waals surface area contributed by atoms with Gasteiger partial charge >= 0.3 is 0 Å². The van der Waals surface area contributed by atoms with Crippen molar-refractivity contribution in [3.63, 3.8) is 0 Å². The molecular weight excluding hydrogens is 271 g/mol. The lowest BCUT2D eigenvalue weighted by Gasteiger charge is -1.97. The number of hydrogen-bond acceptors (Lipinski definition) is 3. The zero-order valence-corrected chi connectivity index (χ0v) is 10.7. The average molecular weight is 279 g/mol. The van der Waals surface area contributed by atoms with Gasteiger partial charge in [-0.15, -0.1) is 0 Å². The lowest BCUT2D eigenvalue weighted by atomic mass is 10.2. The second-order valence-corrected chi connectivity index (χ2v) is 4.74. The van der Waals surface area contributed by atoms with Crippen molar-refractivity contribution in [2.24, 2.45) is 0 Å². The summed E-state index contributed by atoms with van der Waals surface area (Å²) in [5.41, 5.74) is 8.42. The molecule has 3 rings (SSSR count). The van der Waals surface area contributed by atoms with Crippen molar-refractivity contribution in [3.8, 4) is 11.5 Å². The summed E-state index contributed by atoms with van der Waals surface area (Å²) in [6.45, 7) is 0. The predicted molar refractivity (Wildman–Crippen MR) is 73.9 cm³/mol. The van der Waals surface area contributed by atoms with Gasteiger partial charge in [0.1, 0.15) is 5.52 Å². The Bertz CT molecular complexity index is 717. The number of hydrogen-bond donors (Lipinski definition) is 1. The van der Waals surface area contributed by atoms with Crippen molar-refractivity contribution in [3.05, 3.63) is 46.4 Å². The van der Waals surface area contributed by atoms with Gasteiger partial charge in [0.25, 0.3) is 0 Å². The summed E-state index contributed by atoms with van der Waals surface area (Å²) in [4.78, 5) is 4.36. The summed E-state index contributed by atoms with van der Waals surface area (Å²) < 4.78 is 5.64. The zero-order chi connectivity index (χ0) is 12.7. The zero-order valence-electron chi connectivity index (χ0n) is 9.15. The van der Waals surface area contributed by atoms with Crippen molar-refractivity contribution < 1.29 is 4.42 Å². The number of para-hydroxylation sites is 1. The fourth-order valence-corrected chi connectivity index (χ4v) is 2.30. The van der Waals surface area contributed by atoms with Crippen molar-refractivity contribution in [1.82, 2.24) is 4.98 Å². The van der Waals surface area contributed by atoms with Crippen molar-refractivity contribution in [1.29, 1.82) is 0 Å². The second kappa shape index (κ2) is 4.19. The van der Waals surface area contributed by atoms with Crippen molar-refractivity contribution in [2.45, 2.75) is 0 Å². The number of aromatic nitrogens is 1. The van der Waals surface area contributed by atoms with Crippen LogP contribution in [-0.2, 0) is 0 Å². The van der Waals surface area contributed by atoms with Crippen molar-refractivity contribution >= 4 is 40.0 Å². The minimum atomic E-state index is 0.451. The summed E-state index contributed by atoms with van der Waals surface area (Å²) in [7, 11) is 0. The van der Waals surface area contributed by atoms with E-state index in [-0.39, 0.29) is 0 Å². The number of oxazole rings is 1. The van der Waals surface area contributed by atoms with Crippen LogP contribution >= 0.6 is 23.2 Å². The topological polar surface area (TPSA) is 52.0 Å². The Morgan fingerprint density at radius 1 is 1.06 bits per heavy atom. The Morgan fingerprint density at radius 2 is 1.78 bits per heavy atom. The number of nitrogens with two attached hydrogens (primary N) is 1. The molecule has 0 amide bonds. The summed E-state index contributed by atoms with van der Waals surface area (Å²) >= 11 is 11.9. The minimum absolute atomic E-state index is 0.451. The van der Waals surface area contributed by atoms with Crippen LogP contribution in [0, 0.1) is 0 Å². The monoisotopic (exact) mass is 278 g/mol. The van der Waals surface area contributed by atoms with E-state index in [1.807, 2.05) is 12.1 Å². The third-order valence-electron chi connectivity index (χ3n) is 2.56. The summed E-state index contributed by atoms with van der Waals surface area (Å²) in [5, 5.41) is 1.07. The Morgan fingerprint density at radius 3 is 2.44 bits per heavy atom. The molecule has 0 saturated carbocycles. The molecule has 1 heterocycles. The van der Waals surface area contributed by atoms with E-state index >= 15 is 0 Å². The van der Waals surface area contributed by atoms with Crippen LogP contribution in [0.4, 0.5) is 5.69 Å². The molecule has 2 N–H and O–H groups in total. The summed E-state index contributed by atoms with van der Waals surface area (Å²) in [6.07, 6.45) is 0. The smallest absolute Gasteiger partial charge is 0.227 e. The normalized spacial score (nSPS) is 11.0. The van der Waals surface area contributed by atoms with Crippen LogP contribution in [0.5, 0.6) is 0 Å². The van der Waals surface area contributed by atoms with Crippen LogP contribution in [0.25, 0.3) is 22.6 Å². The molecule has 5 heteroatoms. The fourth-order valence-electron chi connectivity index (χ4n) is 1.77. The first kappa shape index (κ1) is 11.4. The van der Waals surface area contributed by atoms with Gasteiger partial charge in [-0.25, -0.2) is 4.98 Å². The van der Waals surface area contributed by atoms with Crippen LogP contribution < -0.4 is 5.73 Å². The predicted octanol–water partition coefficient (Wildman–Crippen LogP) is 4.38. The lowest BCUT2D eigenvalue weighted by Crippen LogP contribution is -1.85. The van der Waals surface area contributed by atoms with Crippen LogP contribution in [0.15, 0.2) is 40.8 Å². The molecule has 0 aliphatic heterocycles. The van der Waals surface area contributed by atoms with Gasteiger partial charge in [-0.05, 0) is 30.3 Å². The van der Waals surface area contributed by atoms with Crippen LogP contribution in [0.1, 0.15) is 0 Å². The first-order chi connectivity index (χ1) is 8.63. The highest BCUT2D eigenvalue weighted by Gasteiger charge is 2.11. The highest BCUT2D eigenvalue weighted by Crippen LogP contribution is 2.30. The summed E-state index contributed by atoms with van der Waals surface area (Å²) in [6, 6.07) is 10.6. The largest absolute Gasteiger partial charge is 0.436 e. The lowest BCUT2D eigenvalue weighted by molar-refractivity contribution is 0.620. The van der Waals surface area contributed by atoms with E-state index in [0.29, 0.717) is 32.7 Å². The number of nitrogens with zero attached hydrogens (tertiary/aromatic N) is 1. The van der Waals surface area contributed by atoms with E-state index in [2.05, 4.69) is 4.98 Å². The van der Waals surface area contributed by atoms with E-state index in [4.69, 9.17) is 33.4 Å². The molecule has 90 valence electrons. The molecule has 0 aliphatic carbocycles. The molecule has 0 fully saturated rings. The maximum atomic E-state index is 5.95. The second-order valence-electron chi connectivity index (χ2n) is 3.87. The maximum Gasteiger partial charge on any atom is 0.227 e. The van der Waals surface area contributed by atoms with Gasteiger partial charge in [0.2, 0.25) is 5.89 Å². The third-order valence-corrected chi connectivity index (χ3v) is 3.00. The van der Waals surface area contributed by atoms with Gasteiger partial charge in [0.15, 0.2) is 5.58 Å². The molecule has 2 aromatic carbocycles. The molecule has 1 aromatic heterocycles. The Hall–Kier alpha value is -1.71. The van der Waals surface area contributed by atoms with Gasteiger partial charge in [-0.2, -0.15) is 0 Å². The van der Waals surface area contributed by atoms with Crippen molar-refractivity contribution in [2.75, 3.05) is 5.73 Å². The van der Waals surface area contributed by atoms with Gasteiger partial charge < -0.3 is 10.2 Å². The Labute approximate surface area is 113 Å². The molecule has 18 heavy (non-hydrogen) atoms. The number of fused-ring (bicyclic) bond motifs is 1. The van der Waals surface area contributed by atoms with E-state index in [0.717, 1.165) is 5.56 Å². The van der Waals surface area contributed by atoms with Gasteiger partial charge in [-0.3, -0.25) is 0 Å². The number of rotatable bonds is 1. The summed E-state index contributed by atoms with van der Waals surface area (Å²) in [5.74, 6) is 0.451.